The number of anilines is 2. The third-order valence-corrected chi connectivity index (χ3v) is 8.06. The molecule has 0 saturated heterocycles. The molecule has 0 atom stereocenters. The molecule has 0 spiro atoms. The molecule has 0 amide bonds. The fraction of sp³-hybridized carbons (Fsp3) is 0. The first-order valence-electron chi connectivity index (χ1n) is 14.7. The lowest BCUT2D eigenvalue weighted by molar-refractivity contribution is 0.930. The molecule has 0 bridgehead atoms. The van der Waals surface area contributed by atoms with E-state index in [4.69, 9.17) is 0 Å². The molecule has 8 rings (SSSR count). The van der Waals surface area contributed by atoms with Crippen LogP contribution in [0.3, 0.4) is 0 Å². The Kier molecular flexibility index (Phi) is 6.27. The number of nitrogens with zero attached hydrogens (tertiary/aromatic N) is 4. The number of nitrogens with one attached hydrogen (secondary N) is 1. The van der Waals surface area contributed by atoms with E-state index >= 15 is 0 Å². The van der Waals surface area contributed by atoms with Gasteiger partial charge in [0, 0.05) is 11.4 Å². The van der Waals surface area contributed by atoms with Crippen LogP contribution in [0.5, 0.6) is 0 Å². The Hall–Kier alpha value is -6.34. The van der Waals surface area contributed by atoms with Gasteiger partial charge in [-0.15, -0.1) is 0 Å². The summed E-state index contributed by atoms with van der Waals surface area (Å²) < 4.78 is 6.96. The van der Waals surface area contributed by atoms with Crippen molar-refractivity contribution in [2.45, 2.75) is 0 Å². The van der Waals surface area contributed by atoms with Gasteiger partial charge in [0.15, 0.2) is 0 Å². The highest BCUT2D eigenvalue weighted by Crippen LogP contribution is 2.25. The van der Waals surface area contributed by atoms with E-state index in [0.717, 1.165) is 56.2 Å². The van der Waals surface area contributed by atoms with Crippen molar-refractivity contribution in [1.29, 1.82) is 0 Å². The van der Waals surface area contributed by atoms with Gasteiger partial charge in [0.2, 0.25) is 0 Å². The number of hydrogen-bond acceptors (Lipinski definition) is 3. The number of hydrogen-bond donors (Lipinski definition) is 1. The standard InChI is InChI=1S/C38H27N5O2/c44-37-40(29-11-3-1-4-12-29)33-15-7-9-17-35(33)42(37)31-23-19-27(20-24-31)39-28-21-25-32(26-22-28)43-36-18-10-8-16-34(36)41(38(43)45)30-13-5-2-6-14-30/h1-26,39H. The number of imidazole rings is 2. The second-order valence-electron chi connectivity index (χ2n) is 10.8. The van der Waals surface area contributed by atoms with Crippen LogP contribution in [0.2, 0.25) is 0 Å². The summed E-state index contributed by atoms with van der Waals surface area (Å²) in [5, 5.41) is 3.44. The molecular formula is C38H27N5O2. The molecular weight excluding hydrogens is 558 g/mol. The van der Waals surface area contributed by atoms with Crippen LogP contribution >= 0.6 is 0 Å². The van der Waals surface area contributed by atoms with Crippen LogP contribution in [0.25, 0.3) is 44.8 Å². The van der Waals surface area contributed by atoms with Gasteiger partial charge >= 0.3 is 11.4 Å². The lowest BCUT2D eigenvalue weighted by Gasteiger charge is -2.10. The summed E-state index contributed by atoms with van der Waals surface area (Å²) in [5.74, 6) is 0. The Balaban J connectivity index is 1.10. The fourth-order valence-electron chi connectivity index (χ4n) is 6.00. The van der Waals surface area contributed by atoms with Crippen LogP contribution in [-0.4, -0.2) is 18.3 Å². The van der Waals surface area contributed by atoms with Gasteiger partial charge < -0.3 is 5.32 Å². The van der Waals surface area contributed by atoms with Gasteiger partial charge in [-0.05, 0) is 97.1 Å². The van der Waals surface area contributed by atoms with Gasteiger partial charge in [-0.3, -0.25) is 18.3 Å². The lowest BCUT2D eigenvalue weighted by atomic mass is 10.2. The average molecular weight is 586 g/mol. The molecule has 0 radical (unpaired) electrons. The molecule has 0 fully saturated rings. The highest BCUT2D eigenvalue weighted by molar-refractivity contribution is 5.81. The molecule has 8 aromatic rings. The van der Waals surface area contributed by atoms with Gasteiger partial charge in [0.25, 0.3) is 0 Å². The van der Waals surface area contributed by atoms with E-state index in [-0.39, 0.29) is 11.4 Å². The van der Waals surface area contributed by atoms with E-state index < -0.39 is 0 Å². The van der Waals surface area contributed by atoms with Gasteiger partial charge in [0.05, 0.1) is 44.8 Å². The third-order valence-electron chi connectivity index (χ3n) is 8.06. The molecule has 7 heteroatoms. The molecule has 2 heterocycles. The van der Waals surface area contributed by atoms with E-state index in [1.165, 1.54) is 0 Å². The van der Waals surface area contributed by atoms with Gasteiger partial charge in [-0.25, -0.2) is 9.59 Å². The van der Waals surface area contributed by atoms with Gasteiger partial charge in [-0.1, -0.05) is 60.7 Å². The summed E-state index contributed by atoms with van der Waals surface area (Å²) >= 11 is 0. The van der Waals surface area contributed by atoms with Crippen LogP contribution in [0, 0.1) is 0 Å². The predicted octanol–water partition coefficient (Wildman–Crippen LogP) is 7.62. The van der Waals surface area contributed by atoms with E-state index in [0.29, 0.717) is 0 Å². The zero-order valence-corrected chi connectivity index (χ0v) is 24.1. The van der Waals surface area contributed by atoms with Crippen molar-refractivity contribution in [3.05, 3.63) is 179 Å². The topological polar surface area (TPSA) is 65.9 Å². The quantitative estimate of drug-likeness (QED) is 0.218. The summed E-state index contributed by atoms with van der Waals surface area (Å²) in [6, 6.07) is 50.6. The van der Waals surface area contributed by atoms with Crippen molar-refractivity contribution < 1.29 is 0 Å². The Morgan fingerprint density at radius 2 is 0.578 bits per heavy atom. The van der Waals surface area contributed by atoms with Gasteiger partial charge in [-0.2, -0.15) is 0 Å². The molecule has 0 unspecified atom stereocenters. The SMILES string of the molecule is O=c1n(-c2ccccc2)c2ccccc2n1-c1ccc(Nc2ccc(-n3c(=O)n(-c4ccccc4)c4ccccc43)cc2)cc1. The minimum atomic E-state index is -0.123. The molecule has 2 aromatic heterocycles. The summed E-state index contributed by atoms with van der Waals surface area (Å²) in [7, 11) is 0. The van der Waals surface area contributed by atoms with Crippen LogP contribution in [0.1, 0.15) is 0 Å². The maximum absolute atomic E-state index is 13.7. The maximum Gasteiger partial charge on any atom is 0.338 e. The molecule has 7 nitrogen and oxygen atoms in total. The van der Waals surface area contributed by atoms with Crippen molar-refractivity contribution in [3.8, 4) is 22.7 Å². The van der Waals surface area contributed by atoms with Crippen LogP contribution in [0.4, 0.5) is 11.4 Å². The molecule has 6 aromatic carbocycles. The van der Waals surface area contributed by atoms with Crippen molar-refractivity contribution in [1.82, 2.24) is 18.3 Å². The fourth-order valence-corrected chi connectivity index (χ4v) is 6.00. The highest BCUT2D eigenvalue weighted by atomic mass is 16.2. The first-order valence-corrected chi connectivity index (χ1v) is 14.7. The Morgan fingerprint density at radius 1 is 0.311 bits per heavy atom. The Labute approximate surface area is 258 Å². The van der Waals surface area contributed by atoms with Crippen LogP contribution < -0.4 is 16.7 Å². The molecule has 45 heavy (non-hydrogen) atoms. The zero-order chi connectivity index (χ0) is 30.3. The third kappa shape index (κ3) is 4.46. The first-order chi connectivity index (χ1) is 22.2. The predicted molar refractivity (Wildman–Crippen MR) is 181 cm³/mol. The number of aromatic nitrogens is 4. The van der Waals surface area contributed by atoms with Gasteiger partial charge in [0.1, 0.15) is 0 Å². The Morgan fingerprint density at radius 3 is 0.889 bits per heavy atom. The smallest absolute Gasteiger partial charge is 0.338 e. The van der Waals surface area contributed by atoms with E-state index in [1.807, 2.05) is 158 Å². The summed E-state index contributed by atoms with van der Waals surface area (Å²) in [6.07, 6.45) is 0. The van der Waals surface area contributed by atoms with Crippen molar-refractivity contribution >= 4 is 33.4 Å². The lowest BCUT2D eigenvalue weighted by Crippen LogP contribution is -2.22. The number of fused-ring (bicyclic) bond motifs is 2. The normalized spacial score (nSPS) is 11.3. The van der Waals surface area contributed by atoms with E-state index in [9.17, 15) is 9.59 Å². The minimum absolute atomic E-state index is 0.123. The highest BCUT2D eigenvalue weighted by Gasteiger charge is 2.17. The summed E-state index contributed by atoms with van der Waals surface area (Å²) in [5.41, 5.74) is 8.10. The zero-order valence-electron chi connectivity index (χ0n) is 24.1. The van der Waals surface area contributed by atoms with E-state index in [2.05, 4.69) is 5.32 Å². The maximum atomic E-state index is 13.7. The minimum Gasteiger partial charge on any atom is -0.356 e. The molecule has 0 aliphatic heterocycles. The molecule has 216 valence electrons. The first kappa shape index (κ1) is 26.3. The van der Waals surface area contributed by atoms with Crippen LogP contribution in [0.15, 0.2) is 167 Å². The Bertz CT molecular complexity index is 2240. The summed E-state index contributed by atoms with van der Waals surface area (Å²) in [6.45, 7) is 0. The average Bonchev–Trinajstić information content (AvgIpc) is 3.56. The number of benzene rings is 6. The monoisotopic (exact) mass is 585 g/mol. The van der Waals surface area contributed by atoms with E-state index in [1.54, 1.807) is 18.3 Å². The number of para-hydroxylation sites is 6. The molecule has 1 N–H and O–H groups in total. The molecule has 0 saturated carbocycles. The van der Waals surface area contributed by atoms with Crippen LogP contribution in [-0.2, 0) is 0 Å². The van der Waals surface area contributed by atoms with Crippen molar-refractivity contribution in [2.24, 2.45) is 0 Å². The largest absolute Gasteiger partial charge is 0.356 e. The molecule has 0 aliphatic carbocycles. The van der Waals surface area contributed by atoms with Crippen molar-refractivity contribution in [3.63, 3.8) is 0 Å². The second-order valence-corrected chi connectivity index (χ2v) is 10.8. The summed E-state index contributed by atoms with van der Waals surface area (Å²) in [4.78, 5) is 27.4. The molecule has 0 aliphatic rings. The second kappa shape index (κ2) is 10.7. The number of rotatable bonds is 6. The van der Waals surface area contributed by atoms with Crippen molar-refractivity contribution in [2.75, 3.05) is 5.32 Å².